The molecule has 3 fully saturated rings. The van der Waals surface area contributed by atoms with Gasteiger partial charge in [-0.2, -0.15) is 16.6 Å². The summed E-state index contributed by atoms with van der Waals surface area (Å²) in [5.74, 6) is -0.811. The van der Waals surface area contributed by atoms with Gasteiger partial charge in [-0.05, 0) is 51.5 Å². The van der Waals surface area contributed by atoms with Crippen molar-refractivity contribution in [3.63, 3.8) is 0 Å². The van der Waals surface area contributed by atoms with E-state index in [-0.39, 0.29) is 24.4 Å². The van der Waals surface area contributed by atoms with Crippen molar-refractivity contribution in [2.24, 2.45) is 0 Å². The molecule has 4 amide bonds. The summed E-state index contributed by atoms with van der Waals surface area (Å²) < 4.78 is 5.34. The third-order valence-corrected chi connectivity index (χ3v) is 7.05. The average Bonchev–Trinajstić information content (AvgIpc) is 3.55. The highest BCUT2D eigenvalue weighted by atomic mass is 32.1. The van der Waals surface area contributed by atoms with Crippen molar-refractivity contribution in [2.45, 2.75) is 69.8 Å². The van der Waals surface area contributed by atoms with Crippen molar-refractivity contribution in [3.05, 3.63) is 22.4 Å². The van der Waals surface area contributed by atoms with Crippen LogP contribution in [0.4, 0.5) is 4.79 Å². The molecule has 182 valence electrons. The lowest BCUT2D eigenvalue weighted by Crippen LogP contribution is -2.59. The molecule has 0 aromatic carbocycles. The summed E-state index contributed by atoms with van der Waals surface area (Å²) >= 11 is 1.42. The number of carbonyl (C=O) groups excluding carboxylic acids is 4. The van der Waals surface area contributed by atoms with Crippen molar-refractivity contribution < 1.29 is 23.9 Å². The zero-order valence-electron chi connectivity index (χ0n) is 19.5. The van der Waals surface area contributed by atoms with E-state index < -0.39 is 35.7 Å². The first-order chi connectivity index (χ1) is 16.1. The smallest absolute Gasteiger partial charge is 0.408 e. The quantitative estimate of drug-likeness (QED) is 0.673. The largest absolute Gasteiger partial charge is 0.444 e. The summed E-state index contributed by atoms with van der Waals surface area (Å²) in [6.45, 7) is 5.93. The lowest BCUT2D eigenvalue weighted by Gasteiger charge is -2.36. The maximum Gasteiger partial charge on any atom is 0.408 e. The molecule has 34 heavy (non-hydrogen) atoms. The van der Waals surface area contributed by atoms with E-state index in [0.717, 1.165) is 0 Å². The van der Waals surface area contributed by atoms with Crippen LogP contribution in [0.1, 0.15) is 50.4 Å². The van der Waals surface area contributed by atoms with Crippen LogP contribution in [0.5, 0.6) is 0 Å². The van der Waals surface area contributed by atoms with Gasteiger partial charge >= 0.3 is 6.09 Å². The maximum absolute atomic E-state index is 13.3. The molecule has 1 aromatic heterocycles. The van der Waals surface area contributed by atoms with Gasteiger partial charge in [0.25, 0.3) is 5.91 Å². The SMILES string of the molecule is CC(C)(C)OC(=O)N[C@@H](CN1C(=O)[C@@H]2C[C@H]1CN2C(=O)c1ccsc1)C(=O)N1CCC[C@H]1C#N. The average molecular weight is 488 g/mol. The molecular weight excluding hydrogens is 458 g/mol. The molecule has 4 heterocycles. The second-order valence-electron chi connectivity index (χ2n) is 9.88. The number of hydrogen-bond acceptors (Lipinski definition) is 7. The fourth-order valence-corrected chi connectivity index (χ4v) is 5.49. The number of carbonyl (C=O) groups is 4. The van der Waals surface area contributed by atoms with E-state index in [1.165, 1.54) is 16.2 Å². The van der Waals surface area contributed by atoms with E-state index in [1.807, 2.05) is 5.38 Å². The molecule has 3 aliphatic heterocycles. The molecule has 0 unspecified atom stereocenters. The number of rotatable bonds is 5. The first kappa shape index (κ1) is 24.0. The minimum absolute atomic E-state index is 0.0345. The third kappa shape index (κ3) is 4.73. The number of amides is 4. The van der Waals surface area contributed by atoms with Crippen LogP contribution < -0.4 is 5.32 Å². The van der Waals surface area contributed by atoms with Crippen LogP contribution >= 0.6 is 11.3 Å². The van der Waals surface area contributed by atoms with Gasteiger partial charge in [-0.3, -0.25) is 14.4 Å². The van der Waals surface area contributed by atoms with Gasteiger partial charge < -0.3 is 24.8 Å². The molecule has 3 saturated heterocycles. The van der Waals surface area contributed by atoms with Gasteiger partial charge in [-0.25, -0.2) is 4.79 Å². The normalized spacial score (nSPS) is 24.8. The van der Waals surface area contributed by atoms with Crippen molar-refractivity contribution >= 4 is 35.2 Å². The zero-order valence-corrected chi connectivity index (χ0v) is 20.3. The zero-order chi connectivity index (χ0) is 24.6. The molecule has 1 N–H and O–H groups in total. The second kappa shape index (κ2) is 9.25. The molecule has 1 aromatic rings. The van der Waals surface area contributed by atoms with Gasteiger partial charge in [-0.1, -0.05) is 0 Å². The molecule has 0 radical (unpaired) electrons. The number of ether oxygens (including phenoxy) is 1. The van der Waals surface area contributed by atoms with Crippen LogP contribution in [0.15, 0.2) is 16.8 Å². The number of nitriles is 1. The van der Waals surface area contributed by atoms with Gasteiger partial charge in [0.2, 0.25) is 11.8 Å². The van der Waals surface area contributed by atoms with Gasteiger partial charge in [0.1, 0.15) is 23.7 Å². The predicted octanol–water partition coefficient (Wildman–Crippen LogP) is 1.58. The highest BCUT2D eigenvalue weighted by molar-refractivity contribution is 7.08. The Balaban J connectivity index is 1.49. The fraction of sp³-hybridized carbons (Fsp3) is 0.609. The van der Waals surface area contributed by atoms with Crippen molar-refractivity contribution in [1.29, 1.82) is 5.26 Å². The number of alkyl carbamates (subject to hydrolysis) is 1. The van der Waals surface area contributed by atoms with E-state index in [0.29, 0.717) is 37.9 Å². The Morgan fingerprint density at radius 1 is 1.32 bits per heavy atom. The standard InChI is InChI=1S/C23H29N5O5S/c1-23(2,3)33-22(32)25-17(20(30)26-7-4-5-15(26)10-24)12-27-16-9-18(21(27)31)28(11-16)19(29)14-6-8-34-13-14/h6,8,13,15-18H,4-5,7,9,11-12H2,1-3H3,(H,25,32)/t15-,16-,17-,18-/m0/s1. The number of nitrogens with one attached hydrogen (secondary N) is 1. The van der Waals surface area contributed by atoms with Crippen LogP contribution in [-0.2, 0) is 14.3 Å². The lowest BCUT2D eigenvalue weighted by atomic mass is 10.1. The number of nitrogens with zero attached hydrogens (tertiary/aromatic N) is 4. The minimum atomic E-state index is -1.05. The van der Waals surface area contributed by atoms with Crippen molar-refractivity contribution in [1.82, 2.24) is 20.0 Å². The maximum atomic E-state index is 13.3. The Morgan fingerprint density at radius 2 is 2.09 bits per heavy atom. The van der Waals surface area contributed by atoms with Crippen molar-refractivity contribution in [3.8, 4) is 6.07 Å². The summed E-state index contributed by atoms with van der Waals surface area (Å²) in [7, 11) is 0. The van der Waals surface area contributed by atoms with Crippen LogP contribution in [-0.4, -0.2) is 87.9 Å². The molecule has 3 aliphatic rings. The molecular formula is C23H29N5O5S. The fourth-order valence-electron chi connectivity index (χ4n) is 4.86. The first-order valence-electron chi connectivity index (χ1n) is 11.4. The Kier molecular flexibility index (Phi) is 6.53. The van der Waals surface area contributed by atoms with Gasteiger partial charge in [-0.15, -0.1) is 0 Å². The second-order valence-corrected chi connectivity index (χ2v) is 10.7. The molecule has 10 nitrogen and oxygen atoms in total. The predicted molar refractivity (Wildman–Crippen MR) is 123 cm³/mol. The number of fused-ring (bicyclic) bond motifs is 2. The van der Waals surface area contributed by atoms with E-state index in [4.69, 9.17) is 4.74 Å². The molecule has 4 atom stereocenters. The summed E-state index contributed by atoms with van der Waals surface area (Å²) in [6, 6.07) is 1.46. The van der Waals surface area contributed by atoms with Crippen molar-refractivity contribution in [2.75, 3.05) is 19.6 Å². The number of thiophene rings is 1. The first-order valence-corrected chi connectivity index (χ1v) is 12.4. The summed E-state index contributed by atoms with van der Waals surface area (Å²) in [5.41, 5.74) is -0.195. The van der Waals surface area contributed by atoms with E-state index in [9.17, 15) is 24.4 Å². The highest BCUT2D eigenvalue weighted by Crippen LogP contribution is 2.33. The van der Waals surface area contributed by atoms with Crippen LogP contribution in [0.3, 0.4) is 0 Å². The highest BCUT2D eigenvalue weighted by Gasteiger charge is 2.52. The van der Waals surface area contributed by atoms with Crippen LogP contribution in [0.2, 0.25) is 0 Å². The molecule has 2 bridgehead atoms. The minimum Gasteiger partial charge on any atom is -0.444 e. The van der Waals surface area contributed by atoms with Crippen LogP contribution in [0.25, 0.3) is 0 Å². The number of hydrogen-bond donors (Lipinski definition) is 1. The lowest BCUT2D eigenvalue weighted by molar-refractivity contribution is -0.139. The van der Waals surface area contributed by atoms with Gasteiger partial charge in [0.15, 0.2) is 0 Å². The van der Waals surface area contributed by atoms with E-state index in [1.54, 1.807) is 42.0 Å². The summed E-state index contributed by atoms with van der Waals surface area (Å²) in [6.07, 6.45) is 1.02. The molecule has 0 aliphatic carbocycles. The Labute approximate surface area is 202 Å². The molecule has 0 saturated carbocycles. The molecule has 0 spiro atoms. The number of piperazine rings is 1. The van der Waals surface area contributed by atoms with Gasteiger partial charge in [0, 0.05) is 18.5 Å². The number of likely N-dealkylation sites (tertiary alicyclic amines) is 3. The van der Waals surface area contributed by atoms with E-state index >= 15 is 0 Å². The topological polar surface area (TPSA) is 123 Å². The molecule has 11 heteroatoms. The Bertz CT molecular complexity index is 1010. The monoisotopic (exact) mass is 487 g/mol. The van der Waals surface area contributed by atoms with E-state index in [2.05, 4.69) is 11.4 Å². The Hall–Kier alpha value is -3.13. The summed E-state index contributed by atoms with van der Waals surface area (Å²) in [5, 5.41) is 15.6. The molecule has 4 rings (SSSR count). The Morgan fingerprint density at radius 3 is 2.71 bits per heavy atom. The third-order valence-electron chi connectivity index (χ3n) is 6.37. The van der Waals surface area contributed by atoms with Crippen LogP contribution in [0, 0.1) is 11.3 Å². The van der Waals surface area contributed by atoms with Gasteiger partial charge in [0.05, 0.1) is 24.2 Å². The summed E-state index contributed by atoms with van der Waals surface area (Å²) in [4.78, 5) is 56.5.